The van der Waals surface area contributed by atoms with Gasteiger partial charge in [0, 0.05) is 12.1 Å². The SMILES string of the molecule is C=CCN1C(=O)/C(=C/c2ccc(OCc3ccsc3C#N)cc2)C(=O)NC1=S. The van der Waals surface area contributed by atoms with Crippen molar-refractivity contribution >= 4 is 46.6 Å². The fraction of sp³-hybridized carbons (Fsp3) is 0.100. The third kappa shape index (κ3) is 4.17. The second-order valence-electron chi connectivity index (χ2n) is 5.77. The van der Waals surface area contributed by atoms with E-state index in [1.807, 2.05) is 11.4 Å². The summed E-state index contributed by atoms with van der Waals surface area (Å²) in [6.07, 6.45) is 3.04. The molecule has 1 aromatic heterocycles. The van der Waals surface area contributed by atoms with E-state index in [0.717, 1.165) is 5.56 Å². The number of thiophene rings is 1. The van der Waals surface area contributed by atoms with E-state index in [-0.39, 0.29) is 17.2 Å². The molecular formula is C20H15N3O3S2. The summed E-state index contributed by atoms with van der Waals surface area (Å²) in [7, 11) is 0. The van der Waals surface area contributed by atoms with Gasteiger partial charge in [-0.15, -0.1) is 17.9 Å². The Balaban J connectivity index is 1.73. The monoisotopic (exact) mass is 409 g/mol. The van der Waals surface area contributed by atoms with E-state index in [9.17, 15) is 9.59 Å². The van der Waals surface area contributed by atoms with Gasteiger partial charge in [0.2, 0.25) is 0 Å². The quantitative estimate of drug-likeness (QED) is 0.343. The second kappa shape index (κ2) is 8.61. The van der Waals surface area contributed by atoms with Gasteiger partial charge in [-0.3, -0.25) is 19.8 Å². The van der Waals surface area contributed by atoms with Gasteiger partial charge < -0.3 is 4.74 Å². The molecule has 1 fully saturated rings. The van der Waals surface area contributed by atoms with E-state index >= 15 is 0 Å². The lowest BCUT2D eigenvalue weighted by Gasteiger charge is -2.27. The van der Waals surface area contributed by atoms with Crippen LogP contribution in [0.1, 0.15) is 16.0 Å². The molecule has 2 aromatic rings. The molecule has 0 unspecified atom stereocenters. The summed E-state index contributed by atoms with van der Waals surface area (Å²) in [6, 6.07) is 10.9. The Labute approximate surface area is 171 Å². The average Bonchev–Trinajstić information content (AvgIpc) is 3.15. The number of benzene rings is 1. The highest BCUT2D eigenvalue weighted by atomic mass is 32.1. The van der Waals surface area contributed by atoms with Gasteiger partial charge in [0.25, 0.3) is 11.8 Å². The van der Waals surface area contributed by atoms with Gasteiger partial charge in [0.15, 0.2) is 5.11 Å². The maximum absolute atomic E-state index is 12.5. The minimum atomic E-state index is -0.530. The van der Waals surface area contributed by atoms with Crippen molar-refractivity contribution in [3.63, 3.8) is 0 Å². The van der Waals surface area contributed by atoms with Crippen LogP contribution in [-0.4, -0.2) is 28.4 Å². The Bertz CT molecular complexity index is 1020. The van der Waals surface area contributed by atoms with Crippen LogP contribution in [0.25, 0.3) is 6.08 Å². The van der Waals surface area contributed by atoms with Gasteiger partial charge in [0.05, 0.1) is 0 Å². The van der Waals surface area contributed by atoms with Crippen LogP contribution < -0.4 is 10.1 Å². The van der Waals surface area contributed by atoms with E-state index in [1.54, 1.807) is 24.3 Å². The Morgan fingerprint density at radius 3 is 2.71 bits per heavy atom. The fourth-order valence-electron chi connectivity index (χ4n) is 2.52. The van der Waals surface area contributed by atoms with Crippen molar-refractivity contribution in [1.29, 1.82) is 5.26 Å². The Hall–Kier alpha value is -3.28. The maximum atomic E-state index is 12.5. The molecule has 1 aromatic carbocycles. The molecule has 1 aliphatic rings. The smallest absolute Gasteiger partial charge is 0.265 e. The number of amides is 2. The molecule has 2 amide bonds. The first-order chi connectivity index (χ1) is 13.5. The summed E-state index contributed by atoms with van der Waals surface area (Å²) in [4.78, 5) is 26.6. The van der Waals surface area contributed by atoms with Gasteiger partial charge >= 0.3 is 0 Å². The third-order valence-electron chi connectivity index (χ3n) is 3.93. The van der Waals surface area contributed by atoms with Crippen molar-refractivity contribution in [2.24, 2.45) is 0 Å². The van der Waals surface area contributed by atoms with Crippen LogP contribution in [0.5, 0.6) is 5.75 Å². The molecule has 28 heavy (non-hydrogen) atoms. The van der Waals surface area contributed by atoms with Crippen LogP contribution in [0.3, 0.4) is 0 Å². The van der Waals surface area contributed by atoms with Crippen molar-refractivity contribution in [2.45, 2.75) is 6.61 Å². The molecule has 8 heteroatoms. The van der Waals surface area contributed by atoms with Gasteiger partial charge in [-0.25, -0.2) is 0 Å². The number of carbonyl (C=O) groups is 2. The number of thiocarbonyl (C=S) groups is 1. The van der Waals surface area contributed by atoms with Crippen LogP contribution in [0, 0.1) is 11.3 Å². The molecular weight excluding hydrogens is 394 g/mol. The number of nitrogens with one attached hydrogen (secondary N) is 1. The first-order valence-electron chi connectivity index (χ1n) is 8.22. The topological polar surface area (TPSA) is 82.4 Å². The summed E-state index contributed by atoms with van der Waals surface area (Å²) in [6.45, 7) is 4.10. The lowest BCUT2D eigenvalue weighted by molar-refractivity contribution is -0.128. The Morgan fingerprint density at radius 1 is 1.29 bits per heavy atom. The second-order valence-corrected chi connectivity index (χ2v) is 7.07. The molecule has 1 aliphatic heterocycles. The molecule has 0 bridgehead atoms. The van der Waals surface area contributed by atoms with Crippen LogP contribution >= 0.6 is 23.6 Å². The standard InChI is InChI=1S/C20H15N3O3S2/c1-2-8-23-19(25)16(18(24)22-20(23)27)10-13-3-5-15(6-4-13)26-12-14-7-9-28-17(14)11-21/h2-7,9-10H,1,8,12H2,(H,22,24,27)/b16-10+. The molecule has 0 spiro atoms. The van der Waals surface area contributed by atoms with Gasteiger partial charge in [-0.1, -0.05) is 18.2 Å². The van der Waals surface area contributed by atoms with Crippen molar-refractivity contribution in [1.82, 2.24) is 10.2 Å². The van der Waals surface area contributed by atoms with Crippen LogP contribution in [-0.2, 0) is 16.2 Å². The number of carbonyl (C=O) groups excluding carboxylic acids is 2. The lowest BCUT2D eigenvalue weighted by Crippen LogP contribution is -2.53. The van der Waals surface area contributed by atoms with Crippen molar-refractivity contribution in [2.75, 3.05) is 6.54 Å². The number of hydrogen-bond acceptors (Lipinski definition) is 6. The Morgan fingerprint density at radius 2 is 2.04 bits per heavy atom. The molecule has 0 aliphatic carbocycles. The number of ether oxygens (including phenoxy) is 1. The average molecular weight is 409 g/mol. The first-order valence-corrected chi connectivity index (χ1v) is 9.51. The molecule has 0 saturated carbocycles. The van der Waals surface area contributed by atoms with Crippen molar-refractivity contribution in [3.8, 4) is 11.8 Å². The molecule has 2 heterocycles. The summed E-state index contributed by atoms with van der Waals surface area (Å²) >= 11 is 6.40. The van der Waals surface area contributed by atoms with E-state index < -0.39 is 11.8 Å². The van der Waals surface area contributed by atoms with Crippen LogP contribution in [0.2, 0.25) is 0 Å². The zero-order valence-electron chi connectivity index (χ0n) is 14.7. The maximum Gasteiger partial charge on any atom is 0.265 e. The normalized spacial score (nSPS) is 15.3. The predicted molar refractivity (Wildman–Crippen MR) is 110 cm³/mol. The highest BCUT2D eigenvalue weighted by Gasteiger charge is 2.32. The third-order valence-corrected chi connectivity index (χ3v) is 5.12. The lowest BCUT2D eigenvalue weighted by atomic mass is 10.1. The zero-order chi connectivity index (χ0) is 20.1. The van der Waals surface area contributed by atoms with Gasteiger partial charge in [-0.05, 0) is 47.4 Å². The van der Waals surface area contributed by atoms with Crippen molar-refractivity contribution < 1.29 is 14.3 Å². The summed E-state index contributed by atoms with van der Waals surface area (Å²) in [5.41, 5.74) is 1.51. The summed E-state index contributed by atoms with van der Waals surface area (Å²) < 4.78 is 5.70. The largest absolute Gasteiger partial charge is 0.489 e. The summed E-state index contributed by atoms with van der Waals surface area (Å²) in [5.74, 6) is -0.376. The minimum Gasteiger partial charge on any atom is -0.489 e. The first kappa shape index (κ1) is 19.5. The Kier molecular flexibility index (Phi) is 5.99. The summed E-state index contributed by atoms with van der Waals surface area (Å²) in [5, 5.41) is 13.5. The number of nitrogens with zero attached hydrogens (tertiary/aromatic N) is 2. The van der Waals surface area contributed by atoms with Gasteiger partial charge in [-0.2, -0.15) is 5.26 Å². The van der Waals surface area contributed by atoms with E-state index in [4.69, 9.17) is 22.2 Å². The number of nitriles is 1. The predicted octanol–water partition coefficient (Wildman–Crippen LogP) is 3.01. The molecule has 3 rings (SSSR count). The zero-order valence-corrected chi connectivity index (χ0v) is 16.3. The van der Waals surface area contributed by atoms with Crippen LogP contribution in [0.15, 0.2) is 53.9 Å². The van der Waals surface area contributed by atoms with E-state index in [2.05, 4.69) is 18.0 Å². The number of hydrogen-bond donors (Lipinski definition) is 1. The van der Waals surface area contributed by atoms with Crippen LogP contribution in [0.4, 0.5) is 0 Å². The molecule has 0 atom stereocenters. The minimum absolute atomic E-state index is 0.000975. The molecule has 140 valence electrons. The van der Waals surface area contributed by atoms with E-state index in [0.29, 0.717) is 22.8 Å². The van der Waals surface area contributed by atoms with Crippen molar-refractivity contribution in [3.05, 3.63) is 69.9 Å². The molecule has 6 nitrogen and oxygen atoms in total. The highest BCUT2D eigenvalue weighted by molar-refractivity contribution is 7.80. The number of rotatable bonds is 6. The van der Waals surface area contributed by atoms with Gasteiger partial charge in [0.1, 0.15) is 28.9 Å². The molecule has 1 saturated heterocycles. The molecule has 1 N–H and O–H groups in total. The molecule has 0 radical (unpaired) electrons. The highest BCUT2D eigenvalue weighted by Crippen LogP contribution is 2.21. The van der Waals surface area contributed by atoms with E-state index in [1.165, 1.54) is 28.4 Å². The fourth-order valence-corrected chi connectivity index (χ4v) is 3.47.